The van der Waals surface area contributed by atoms with Gasteiger partial charge in [-0.3, -0.25) is 0 Å². The third-order valence-electron chi connectivity index (χ3n) is 2.78. The molecule has 0 N–H and O–H groups in total. The van der Waals surface area contributed by atoms with Crippen molar-refractivity contribution < 1.29 is 9.47 Å². The van der Waals surface area contributed by atoms with Gasteiger partial charge in [-0.25, -0.2) is 0 Å². The molecular formula is C11H18O2. The maximum atomic E-state index is 5.75. The minimum atomic E-state index is 0.364. The molecule has 0 saturated carbocycles. The van der Waals surface area contributed by atoms with Gasteiger partial charge in [0.05, 0.1) is 19.3 Å². The Hall–Kier alpha value is -0.340. The van der Waals surface area contributed by atoms with Gasteiger partial charge in [0.2, 0.25) is 0 Å². The summed E-state index contributed by atoms with van der Waals surface area (Å²) >= 11 is 0. The fourth-order valence-electron chi connectivity index (χ4n) is 1.90. The van der Waals surface area contributed by atoms with Gasteiger partial charge in [0, 0.05) is 6.61 Å². The number of rotatable bonds is 3. The summed E-state index contributed by atoms with van der Waals surface area (Å²) in [6.45, 7) is 2.52. The van der Waals surface area contributed by atoms with Gasteiger partial charge in [-0.15, -0.1) is 0 Å². The first-order chi connectivity index (χ1) is 6.45. The van der Waals surface area contributed by atoms with E-state index in [2.05, 4.69) is 6.08 Å². The molecule has 0 aromatic rings. The van der Waals surface area contributed by atoms with E-state index in [1.54, 1.807) is 0 Å². The summed E-state index contributed by atoms with van der Waals surface area (Å²) < 4.78 is 11.0. The van der Waals surface area contributed by atoms with Crippen LogP contribution in [0, 0.1) is 0 Å². The zero-order valence-corrected chi connectivity index (χ0v) is 8.13. The molecule has 1 aliphatic carbocycles. The van der Waals surface area contributed by atoms with Crippen LogP contribution >= 0.6 is 0 Å². The first kappa shape index (κ1) is 9.22. The van der Waals surface area contributed by atoms with Crippen molar-refractivity contribution in [3.63, 3.8) is 0 Å². The second-order valence-corrected chi connectivity index (χ2v) is 3.90. The van der Waals surface area contributed by atoms with Gasteiger partial charge in [-0.05, 0) is 37.7 Å². The van der Waals surface area contributed by atoms with Crippen LogP contribution in [0.5, 0.6) is 0 Å². The molecule has 0 aromatic carbocycles. The number of hydrogen-bond acceptors (Lipinski definition) is 2. The maximum absolute atomic E-state index is 5.75. The van der Waals surface area contributed by atoms with E-state index in [-0.39, 0.29) is 0 Å². The number of allylic oxidation sites excluding steroid dienone is 1. The van der Waals surface area contributed by atoms with Gasteiger partial charge in [-0.2, -0.15) is 0 Å². The fraction of sp³-hybridized carbons (Fsp3) is 0.818. The van der Waals surface area contributed by atoms with E-state index >= 15 is 0 Å². The van der Waals surface area contributed by atoms with Crippen LogP contribution < -0.4 is 0 Å². The predicted octanol–water partition coefficient (Wildman–Crippen LogP) is 2.29. The van der Waals surface area contributed by atoms with Crippen LogP contribution in [0.2, 0.25) is 0 Å². The van der Waals surface area contributed by atoms with Crippen LogP contribution in [0.3, 0.4) is 0 Å². The number of ether oxygens (including phenoxy) is 2. The molecule has 1 aliphatic heterocycles. The standard InChI is InChI=1S/C11H18O2/c1-2-4-10(5-3-1)8-13-11-6-7-12-9-11/h4,11H,1-3,5-9H2/t11-/m0/s1. The van der Waals surface area contributed by atoms with Crippen LogP contribution in [-0.4, -0.2) is 25.9 Å². The summed E-state index contributed by atoms with van der Waals surface area (Å²) in [5.74, 6) is 0. The smallest absolute Gasteiger partial charge is 0.0834 e. The van der Waals surface area contributed by atoms with Gasteiger partial charge in [0.15, 0.2) is 0 Å². The molecule has 1 saturated heterocycles. The molecule has 1 fully saturated rings. The Morgan fingerprint density at radius 2 is 2.46 bits per heavy atom. The molecule has 0 aromatic heterocycles. The Balaban J connectivity index is 1.68. The average molecular weight is 182 g/mol. The highest BCUT2D eigenvalue weighted by molar-refractivity contribution is 5.05. The van der Waals surface area contributed by atoms with Crippen LogP contribution in [0.25, 0.3) is 0 Å². The molecule has 74 valence electrons. The van der Waals surface area contributed by atoms with Crippen LogP contribution in [-0.2, 0) is 9.47 Å². The molecule has 13 heavy (non-hydrogen) atoms. The van der Waals surface area contributed by atoms with Crippen molar-refractivity contribution in [2.75, 3.05) is 19.8 Å². The highest BCUT2D eigenvalue weighted by Crippen LogP contribution is 2.19. The zero-order chi connectivity index (χ0) is 8.93. The molecule has 2 nitrogen and oxygen atoms in total. The lowest BCUT2D eigenvalue weighted by Gasteiger charge is -2.15. The largest absolute Gasteiger partial charge is 0.379 e. The molecular weight excluding hydrogens is 164 g/mol. The summed E-state index contributed by atoms with van der Waals surface area (Å²) in [4.78, 5) is 0. The summed E-state index contributed by atoms with van der Waals surface area (Å²) in [5.41, 5.74) is 1.50. The Labute approximate surface area is 79.9 Å². The monoisotopic (exact) mass is 182 g/mol. The molecule has 0 radical (unpaired) electrons. The third kappa shape index (κ3) is 2.82. The Morgan fingerprint density at radius 3 is 3.15 bits per heavy atom. The van der Waals surface area contributed by atoms with E-state index in [0.29, 0.717) is 6.10 Å². The molecule has 2 aliphatic rings. The van der Waals surface area contributed by atoms with E-state index in [9.17, 15) is 0 Å². The second kappa shape index (κ2) is 4.77. The predicted molar refractivity (Wildman–Crippen MR) is 51.7 cm³/mol. The van der Waals surface area contributed by atoms with E-state index in [0.717, 1.165) is 26.2 Å². The second-order valence-electron chi connectivity index (χ2n) is 3.90. The summed E-state index contributed by atoms with van der Waals surface area (Å²) in [6.07, 6.45) is 8.98. The molecule has 2 rings (SSSR count). The summed E-state index contributed by atoms with van der Waals surface area (Å²) in [5, 5.41) is 0. The third-order valence-corrected chi connectivity index (χ3v) is 2.78. The lowest BCUT2D eigenvalue weighted by molar-refractivity contribution is 0.0549. The fourth-order valence-corrected chi connectivity index (χ4v) is 1.90. The normalized spacial score (nSPS) is 28.9. The summed E-state index contributed by atoms with van der Waals surface area (Å²) in [7, 11) is 0. The molecule has 2 heteroatoms. The van der Waals surface area contributed by atoms with Gasteiger partial charge < -0.3 is 9.47 Å². The highest BCUT2D eigenvalue weighted by atomic mass is 16.5. The topological polar surface area (TPSA) is 18.5 Å². The first-order valence-corrected chi connectivity index (χ1v) is 5.32. The van der Waals surface area contributed by atoms with Crippen LogP contribution in [0.1, 0.15) is 32.1 Å². The molecule has 1 heterocycles. The average Bonchev–Trinajstić information content (AvgIpc) is 2.69. The van der Waals surface area contributed by atoms with Crippen molar-refractivity contribution in [2.45, 2.75) is 38.2 Å². The van der Waals surface area contributed by atoms with E-state index in [4.69, 9.17) is 9.47 Å². The van der Waals surface area contributed by atoms with Crippen molar-refractivity contribution in [2.24, 2.45) is 0 Å². The zero-order valence-electron chi connectivity index (χ0n) is 8.13. The molecule has 0 spiro atoms. The van der Waals surface area contributed by atoms with Crippen molar-refractivity contribution in [1.82, 2.24) is 0 Å². The first-order valence-electron chi connectivity index (χ1n) is 5.32. The Kier molecular flexibility index (Phi) is 3.39. The molecule has 0 bridgehead atoms. The minimum absolute atomic E-state index is 0.364. The minimum Gasteiger partial charge on any atom is -0.379 e. The quantitative estimate of drug-likeness (QED) is 0.623. The lowest BCUT2D eigenvalue weighted by Crippen LogP contribution is -2.14. The van der Waals surface area contributed by atoms with Crippen LogP contribution in [0.4, 0.5) is 0 Å². The highest BCUT2D eigenvalue weighted by Gasteiger charge is 2.16. The number of hydrogen-bond donors (Lipinski definition) is 0. The molecule has 1 atom stereocenters. The SMILES string of the molecule is C1=C(CO[C@H]2CCOC2)CCCC1. The molecule has 0 unspecified atom stereocenters. The van der Waals surface area contributed by atoms with Crippen LogP contribution in [0.15, 0.2) is 11.6 Å². The lowest BCUT2D eigenvalue weighted by atomic mass is 10.0. The van der Waals surface area contributed by atoms with Gasteiger partial charge in [0.25, 0.3) is 0 Å². The molecule has 0 amide bonds. The maximum Gasteiger partial charge on any atom is 0.0834 e. The summed E-state index contributed by atoms with van der Waals surface area (Å²) in [6, 6.07) is 0. The van der Waals surface area contributed by atoms with Gasteiger partial charge >= 0.3 is 0 Å². The van der Waals surface area contributed by atoms with Crippen molar-refractivity contribution >= 4 is 0 Å². The Morgan fingerprint density at radius 1 is 1.46 bits per heavy atom. The van der Waals surface area contributed by atoms with Gasteiger partial charge in [-0.1, -0.05) is 6.08 Å². The Bertz CT molecular complexity index is 181. The van der Waals surface area contributed by atoms with E-state index in [1.165, 1.54) is 31.3 Å². The van der Waals surface area contributed by atoms with E-state index < -0.39 is 0 Å². The van der Waals surface area contributed by atoms with Gasteiger partial charge in [0.1, 0.15) is 0 Å². The van der Waals surface area contributed by atoms with Crippen molar-refractivity contribution in [1.29, 1.82) is 0 Å². The van der Waals surface area contributed by atoms with Crippen molar-refractivity contribution in [3.05, 3.63) is 11.6 Å². The van der Waals surface area contributed by atoms with E-state index in [1.807, 2.05) is 0 Å². The van der Waals surface area contributed by atoms with Crippen molar-refractivity contribution in [3.8, 4) is 0 Å².